The molecule has 0 fully saturated rings. The Labute approximate surface area is 58.6 Å². The number of fused-ring (bicyclic) bond motifs is 1. The van der Waals surface area contributed by atoms with Gasteiger partial charge in [0.05, 0.1) is 5.04 Å². The SMILES string of the molecule is C1=CN=C2SCC=C2C1. The molecule has 1 nitrogen and oxygen atoms in total. The van der Waals surface area contributed by atoms with Crippen molar-refractivity contribution in [2.75, 3.05) is 5.75 Å². The Hall–Kier alpha value is -0.500. The fourth-order valence-electron chi connectivity index (χ4n) is 0.992. The Morgan fingerprint density at radius 1 is 1.56 bits per heavy atom. The van der Waals surface area contributed by atoms with Crippen molar-refractivity contribution in [1.82, 2.24) is 0 Å². The van der Waals surface area contributed by atoms with Crippen LogP contribution in [0.2, 0.25) is 0 Å². The first kappa shape index (κ1) is 5.30. The molecule has 0 aliphatic carbocycles. The van der Waals surface area contributed by atoms with Crippen LogP contribution in [-0.4, -0.2) is 10.8 Å². The van der Waals surface area contributed by atoms with Crippen LogP contribution in [0.5, 0.6) is 0 Å². The van der Waals surface area contributed by atoms with Gasteiger partial charge < -0.3 is 0 Å². The van der Waals surface area contributed by atoms with E-state index >= 15 is 0 Å². The fourth-order valence-corrected chi connectivity index (χ4v) is 1.92. The van der Waals surface area contributed by atoms with Crippen molar-refractivity contribution in [3.63, 3.8) is 0 Å². The molecule has 2 aliphatic heterocycles. The van der Waals surface area contributed by atoms with Crippen LogP contribution >= 0.6 is 11.8 Å². The van der Waals surface area contributed by atoms with E-state index in [2.05, 4.69) is 17.1 Å². The Morgan fingerprint density at radius 3 is 3.44 bits per heavy atom. The highest BCUT2D eigenvalue weighted by atomic mass is 32.2. The Morgan fingerprint density at radius 2 is 2.56 bits per heavy atom. The monoisotopic (exact) mass is 137 g/mol. The number of hydrogen-bond acceptors (Lipinski definition) is 2. The summed E-state index contributed by atoms with van der Waals surface area (Å²) in [5.74, 6) is 1.12. The van der Waals surface area contributed by atoms with Gasteiger partial charge in [-0.25, -0.2) is 4.99 Å². The number of thioether (sulfide) groups is 1. The van der Waals surface area contributed by atoms with Gasteiger partial charge in [-0.3, -0.25) is 0 Å². The van der Waals surface area contributed by atoms with Gasteiger partial charge in [0.1, 0.15) is 0 Å². The minimum atomic E-state index is 1.09. The number of rotatable bonds is 0. The molecule has 0 atom stereocenters. The highest BCUT2D eigenvalue weighted by Crippen LogP contribution is 2.26. The zero-order valence-corrected chi connectivity index (χ0v) is 5.82. The molecule has 0 saturated carbocycles. The van der Waals surface area contributed by atoms with E-state index in [9.17, 15) is 0 Å². The normalized spacial score (nSPS) is 23.1. The molecule has 0 aromatic heterocycles. The molecule has 0 bridgehead atoms. The quantitative estimate of drug-likeness (QED) is 0.497. The van der Waals surface area contributed by atoms with E-state index in [0.717, 1.165) is 12.2 Å². The van der Waals surface area contributed by atoms with E-state index in [1.807, 2.05) is 18.0 Å². The number of hydrogen-bond donors (Lipinski definition) is 0. The summed E-state index contributed by atoms with van der Waals surface area (Å²) in [5.41, 5.74) is 1.42. The Kier molecular flexibility index (Phi) is 1.19. The second-order valence-electron chi connectivity index (χ2n) is 2.06. The summed E-state index contributed by atoms with van der Waals surface area (Å²) in [4.78, 5) is 4.22. The molecule has 0 aromatic carbocycles. The Bertz CT molecular complexity index is 213. The van der Waals surface area contributed by atoms with Crippen molar-refractivity contribution in [1.29, 1.82) is 0 Å². The number of aliphatic imine (C=N–C) groups is 1. The van der Waals surface area contributed by atoms with Gasteiger partial charge >= 0.3 is 0 Å². The fraction of sp³-hybridized carbons (Fsp3) is 0.286. The van der Waals surface area contributed by atoms with Crippen molar-refractivity contribution >= 4 is 16.8 Å². The second-order valence-corrected chi connectivity index (χ2v) is 3.07. The van der Waals surface area contributed by atoms with Crippen LogP contribution in [0, 0.1) is 0 Å². The smallest absolute Gasteiger partial charge is 0.0994 e. The van der Waals surface area contributed by atoms with Crippen LogP contribution in [0.4, 0.5) is 0 Å². The first-order chi connectivity index (χ1) is 4.47. The van der Waals surface area contributed by atoms with Crippen molar-refractivity contribution in [2.24, 2.45) is 4.99 Å². The van der Waals surface area contributed by atoms with Gasteiger partial charge in [0.15, 0.2) is 0 Å². The molecule has 0 amide bonds. The molecule has 2 rings (SSSR count). The molecule has 0 saturated heterocycles. The summed E-state index contributed by atoms with van der Waals surface area (Å²) in [7, 11) is 0. The van der Waals surface area contributed by atoms with Gasteiger partial charge in [0.25, 0.3) is 0 Å². The minimum absolute atomic E-state index is 1.09. The van der Waals surface area contributed by atoms with Crippen molar-refractivity contribution in [2.45, 2.75) is 6.42 Å². The summed E-state index contributed by atoms with van der Waals surface area (Å²) >= 11 is 1.83. The van der Waals surface area contributed by atoms with Crippen LogP contribution in [0.1, 0.15) is 6.42 Å². The molecule has 46 valence electrons. The lowest BCUT2D eigenvalue weighted by atomic mass is 10.2. The number of nitrogens with zero attached hydrogens (tertiary/aromatic N) is 1. The predicted molar refractivity (Wildman–Crippen MR) is 41.7 cm³/mol. The highest BCUT2D eigenvalue weighted by molar-refractivity contribution is 8.15. The van der Waals surface area contributed by atoms with Crippen LogP contribution in [0.15, 0.2) is 28.9 Å². The molecule has 0 spiro atoms. The maximum Gasteiger partial charge on any atom is 0.0994 e. The van der Waals surface area contributed by atoms with Gasteiger partial charge in [0, 0.05) is 12.0 Å². The third-order valence-corrected chi connectivity index (χ3v) is 2.43. The first-order valence-corrected chi connectivity index (χ1v) is 4.00. The van der Waals surface area contributed by atoms with Crippen molar-refractivity contribution in [3.8, 4) is 0 Å². The van der Waals surface area contributed by atoms with E-state index in [4.69, 9.17) is 0 Å². The molecule has 2 heteroatoms. The topological polar surface area (TPSA) is 12.4 Å². The molecule has 2 heterocycles. The van der Waals surface area contributed by atoms with Gasteiger partial charge in [-0.05, 0) is 12.0 Å². The maximum absolute atomic E-state index is 4.22. The van der Waals surface area contributed by atoms with Crippen LogP contribution in [0.25, 0.3) is 0 Å². The van der Waals surface area contributed by atoms with E-state index in [-0.39, 0.29) is 0 Å². The summed E-state index contributed by atoms with van der Waals surface area (Å²) in [6.07, 6.45) is 7.34. The summed E-state index contributed by atoms with van der Waals surface area (Å²) in [6.45, 7) is 0. The zero-order valence-electron chi connectivity index (χ0n) is 5.00. The minimum Gasteiger partial charge on any atom is -0.250 e. The zero-order chi connectivity index (χ0) is 6.10. The lowest BCUT2D eigenvalue weighted by Gasteiger charge is -2.02. The third kappa shape index (κ3) is 0.833. The van der Waals surface area contributed by atoms with Crippen LogP contribution in [0.3, 0.4) is 0 Å². The standard InChI is InChI=1S/C7H7NS/c1-2-6-3-5-9-7(6)8-4-1/h1,3-4H,2,5H2. The molecule has 0 unspecified atom stereocenters. The molecule has 0 N–H and O–H groups in total. The van der Waals surface area contributed by atoms with Gasteiger partial charge in [-0.1, -0.05) is 12.2 Å². The third-order valence-electron chi connectivity index (χ3n) is 1.46. The Balaban J connectivity index is 2.37. The molecular formula is C7H7NS. The van der Waals surface area contributed by atoms with Crippen LogP contribution < -0.4 is 0 Å². The van der Waals surface area contributed by atoms with Gasteiger partial charge in [-0.2, -0.15) is 0 Å². The van der Waals surface area contributed by atoms with E-state index < -0.39 is 0 Å². The largest absolute Gasteiger partial charge is 0.250 e. The van der Waals surface area contributed by atoms with Crippen molar-refractivity contribution < 1.29 is 0 Å². The maximum atomic E-state index is 4.22. The molecule has 2 aliphatic rings. The van der Waals surface area contributed by atoms with Gasteiger partial charge in [0.2, 0.25) is 0 Å². The first-order valence-electron chi connectivity index (χ1n) is 3.02. The molecule has 9 heavy (non-hydrogen) atoms. The molecule has 0 aromatic rings. The molecular weight excluding hydrogens is 130 g/mol. The van der Waals surface area contributed by atoms with Gasteiger partial charge in [-0.15, -0.1) is 11.8 Å². The highest BCUT2D eigenvalue weighted by Gasteiger charge is 2.13. The summed E-state index contributed by atoms with van der Waals surface area (Å²) in [5, 5.41) is 1.23. The summed E-state index contributed by atoms with van der Waals surface area (Å²) < 4.78 is 0. The van der Waals surface area contributed by atoms with Crippen molar-refractivity contribution in [3.05, 3.63) is 23.9 Å². The lowest BCUT2D eigenvalue weighted by Crippen LogP contribution is -1.93. The second kappa shape index (κ2) is 2.03. The van der Waals surface area contributed by atoms with E-state index in [0.29, 0.717) is 0 Å². The van der Waals surface area contributed by atoms with E-state index in [1.165, 1.54) is 10.6 Å². The lowest BCUT2D eigenvalue weighted by molar-refractivity contribution is 1.27. The average molecular weight is 137 g/mol. The van der Waals surface area contributed by atoms with E-state index in [1.54, 1.807) is 0 Å². The molecule has 0 radical (unpaired) electrons. The summed E-state index contributed by atoms with van der Waals surface area (Å²) in [6, 6.07) is 0. The average Bonchev–Trinajstić information content (AvgIpc) is 2.33. The number of allylic oxidation sites excluding steroid dienone is 1. The predicted octanol–water partition coefficient (Wildman–Crippen LogP) is 1.98. The van der Waals surface area contributed by atoms with Crippen LogP contribution in [-0.2, 0) is 0 Å².